The Morgan fingerprint density at radius 3 is 1.42 bits per heavy atom. The molecule has 0 aromatic heterocycles. The van der Waals surface area contributed by atoms with E-state index in [0.717, 1.165) is 0 Å². The van der Waals surface area contributed by atoms with Crippen molar-refractivity contribution in [3.63, 3.8) is 0 Å². The maximum atomic E-state index is 12.8. The highest BCUT2D eigenvalue weighted by Gasteiger charge is 2.38. The second-order valence-electron chi connectivity index (χ2n) is 5.63. The van der Waals surface area contributed by atoms with Crippen molar-refractivity contribution in [3.05, 3.63) is 29.3 Å². The van der Waals surface area contributed by atoms with E-state index in [1.54, 1.807) is 27.7 Å². The van der Waals surface area contributed by atoms with Crippen LogP contribution < -0.4 is 4.65 Å². The summed E-state index contributed by atoms with van der Waals surface area (Å²) in [5, 5.41) is 0. The number of rotatable bonds is 8. The molecule has 0 aliphatic rings. The van der Waals surface area contributed by atoms with Crippen LogP contribution in [-0.2, 0) is 31.7 Å². The van der Waals surface area contributed by atoms with Crippen molar-refractivity contribution in [2.24, 2.45) is 0 Å². The van der Waals surface area contributed by atoms with Crippen LogP contribution in [-0.4, -0.2) is 19.5 Å². The molecule has 0 saturated heterocycles. The predicted molar refractivity (Wildman–Crippen MR) is 77.4 cm³/mol. The third kappa shape index (κ3) is 7.81. The van der Waals surface area contributed by atoms with Gasteiger partial charge in [0.2, 0.25) is 0 Å². The molecule has 26 heavy (non-hydrogen) atoms. The van der Waals surface area contributed by atoms with E-state index in [0.29, 0.717) is 12.1 Å². The molecule has 0 spiro atoms. The average Bonchev–Trinajstić information content (AvgIpc) is 2.47. The lowest BCUT2D eigenvalue weighted by molar-refractivity contribution is -0.318. The summed E-state index contributed by atoms with van der Waals surface area (Å²) < 4.78 is 82.0. The Bertz CT molecular complexity index is 532. The highest BCUT2D eigenvalue weighted by atomic mass is 19.4. The summed E-state index contributed by atoms with van der Waals surface area (Å²) in [6.45, 7) is 6.25. The summed E-state index contributed by atoms with van der Waals surface area (Å²) in [6, 6.07) is 0.720. The highest BCUT2D eigenvalue weighted by Crippen LogP contribution is 2.38. The fourth-order valence-electron chi connectivity index (χ4n) is 1.47. The molecule has 12 heteroatoms. The van der Waals surface area contributed by atoms with Crippen LogP contribution in [0, 0.1) is 0 Å². The Morgan fingerprint density at radius 2 is 1.12 bits per heavy atom. The summed E-state index contributed by atoms with van der Waals surface area (Å²) in [5.74, 6) is -0.795. The van der Waals surface area contributed by atoms with Crippen molar-refractivity contribution < 1.29 is 50.4 Å². The van der Waals surface area contributed by atoms with E-state index >= 15 is 0 Å². The standard InChI is InChI=1S/C14H17BF6O5/c1-8(2)23-25-15(26-24-9(3)4)22-12-6-10(13(16,17)18)5-11(7-12)14(19,20)21/h5-9H,1-4H3. The van der Waals surface area contributed by atoms with Gasteiger partial charge >= 0.3 is 19.7 Å². The second kappa shape index (κ2) is 8.93. The van der Waals surface area contributed by atoms with Gasteiger partial charge in [0, 0.05) is 0 Å². The minimum atomic E-state index is -5.01. The SMILES string of the molecule is CC(C)OOB(OOC(C)C)Oc1cc(C(F)(F)F)cc(C(F)(F)F)c1. The van der Waals surface area contributed by atoms with E-state index in [2.05, 4.69) is 9.61 Å². The zero-order valence-electron chi connectivity index (χ0n) is 14.3. The lowest BCUT2D eigenvalue weighted by Gasteiger charge is -2.18. The molecule has 5 nitrogen and oxygen atoms in total. The normalized spacial score (nSPS) is 12.8. The Morgan fingerprint density at radius 1 is 0.731 bits per heavy atom. The molecule has 0 saturated carbocycles. The smallest absolute Gasteiger partial charge is 0.509 e. The van der Waals surface area contributed by atoms with Crippen LogP contribution in [0.4, 0.5) is 26.3 Å². The molecule has 0 fully saturated rings. The first kappa shape index (κ1) is 22.5. The van der Waals surface area contributed by atoms with Gasteiger partial charge in [0.15, 0.2) is 0 Å². The van der Waals surface area contributed by atoms with E-state index in [1.165, 1.54) is 0 Å². The molecule has 0 atom stereocenters. The van der Waals surface area contributed by atoms with Crippen LogP contribution >= 0.6 is 0 Å². The van der Waals surface area contributed by atoms with Gasteiger partial charge in [-0.25, -0.2) is 19.4 Å². The maximum absolute atomic E-state index is 12.8. The Labute approximate surface area is 146 Å². The molecule has 0 heterocycles. The van der Waals surface area contributed by atoms with E-state index in [9.17, 15) is 26.3 Å². The molecule has 1 aromatic carbocycles. The Balaban J connectivity index is 3.11. The first-order valence-electron chi connectivity index (χ1n) is 7.39. The van der Waals surface area contributed by atoms with Crippen molar-refractivity contribution in [2.75, 3.05) is 0 Å². The van der Waals surface area contributed by atoms with Gasteiger partial charge in [0.1, 0.15) is 5.75 Å². The average molecular weight is 390 g/mol. The van der Waals surface area contributed by atoms with Gasteiger partial charge in [0.25, 0.3) is 0 Å². The van der Waals surface area contributed by atoms with E-state index < -0.39 is 48.8 Å². The van der Waals surface area contributed by atoms with Gasteiger partial charge in [-0.1, -0.05) is 0 Å². The molecular weight excluding hydrogens is 373 g/mol. The first-order chi connectivity index (χ1) is 11.8. The number of benzene rings is 1. The maximum Gasteiger partial charge on any atom is 0.770 e. The largest absolute Gasteiger partial charge is 0.770 e. The van der Waals surface area contributed by atoms with Crippen molar-refractivity contribution in [2.45, 2.75) is 52.3 Å². The van der Waals surface area contributed by atoms with Crippen LogP contribution in [0.3, 0.4) is 0 Å². The number of hydrogen-bond acceptors (Lipinski definition) is 5. The molecule has 0 radical (unpaired) electrons. The van der Waals surface area contributed by atoms with Crippen molar-refractivity contribution in [1.82, 2.24) is 0 Å². The second-order valence-corrected chi connectivity index (χ2v) is 5.63. The minimum absolute atomic E-state index is 0.0290. The van der Waals surface area contributed by atoms with Gasteiger partial charge in [-0.05, 0) is 45.9 Å². The summed E-state index contributed by atoms with van der Waals surface area (Å²) in [7, 11) is -1.86. The predicted octanol–water partition coefficient (Wildman–Crippen LogP) is 4.80. The molecule has 0 bridgehead atoms. The zero-order valence-corrected chi connectivity index (χ0v) is 14.3. The van der Waals surface area contributed by atoms with Gasteiger partial charge in [-0.15, -0.1) is 0 Å². The van der Waals surface area contributed by atoms with Gasteiger partial charge in [0.05, 0.1) is 23.3 Å². The third-order valence-corrected chi connectivity index (χ3v) is 2.45. The van der Waals surface area contributed by atoms with Crippen molar-refractivity contribution in [3.8, 4) is 5.75 Å². The van der Waals surface area contributed by atoms with Crippen LogP contribution in [0.1, 0.15) is 38.8 Å². The summed E-state index contributed by atoms with van der Waals surface area (Å²) in [4.78, 5) is 18.8. The lowest BCUT2D eigenvalue weighted by atomic mass is 10.1. The molecule has 0 unspecified atom stereocenters. The van der Waals surface area contributed by atoms with E-state index in [4.69, 9.17) is 14.4 Å². The summed E-state index contributed by atoms with van der Waals surface area (Å²) in [5.41, 5.74) is -3.09. The van der Waals surface area contributed by atoms with E-state index in [1.807, 2.05) is 0 Å². The fourth-order valence-corrected chi connectivity index (χ4v) is 1.47. The van der Waals surface area contributed by atoms with Crippen molar-refractivity contribution in [1.29, 1.82) is 0 Å². The van der Waals surface area contributed by atoms with Crippen LogP contribution in [0.25, 0.3) is 0 Å². The highest BCUT2D eigenvalue weighted by molar-refractivity contribution is 6.36. The van der Waals surface area contributed by atoms with Gasteiger partial charge in [-0.3, -0.25) is 0 Å². The third-order valence-electron chi connectivity index (χ3n) is 2.45. The van der Waals surface area contributed by atoms with E-state index in [-0.39, 0.29) is 6.07 Å². The molecular formula is C14H17BF6O5. The Hall–Kier alpha value is -1.50. The molecule has 1 aromatic rings. The van der Waals surface area contributed by atoms with Gasteiger partial charge < -0.3 is 4.65 Å². The molecule has 0 aliphatic carbocycles. The van der Waals surface area contributed by atoms with Gasteiger partial charge in [-0.2, -0.15) is 26.3 Å². The minimum Gasteiger partial charge on any atom is -0.509 e. The number of alkyl halides is 6. The van der Waals surface area contributed by atoms with Crippen LogP contribution in [0.15, 0.2) is 18.2 Å². The monoisotopic (exact) mass is 390 g/mol. The first-order valence-corrected chi connectivity index (χ1v) is 7.39. The Kier molecular flexibility index (Phi) is 7.75. The van der Waals surface area contributed by atoms with Crippen LogP contribution in [0.2, 0.25) is 0 Å². The van der Waals surface area contributed by atoms with Crippen molar-refractivity contribution >= 4 is 7.32 Å². The summed E-state index contributed by atoms with van der Waals surface area (Å²) >= 11 is 0. The molecule has 1 rings (SSSR count). The molecule has 0 aliphatic heterocycles. The summed E-state index contributed by atoms with van der Waals surface area (Å²) in [6.07, 6.45) is -11.0. The molecule has 0 amide bonds. The molecule has 148 valence electrons. The quantitative estimate of drug-likeness (QED) is 0.276. The topological polar surface area (TPSA) is 46.2 Å². The number of halogens is 6. The fraction of sp³-hybridized carbons (Fsp3) is 0.571. The number of hydrogen-bond donors (Lipinski definition) is 0. The zero-order chi connectivity index (χ0) is 20.1. The van der Waals surface area contributed by atoms with Crippen LogP contribution in [0.5, 0.6) is 5.75 Å². The lowest BCUT2D eigenvalue weighted by Crippen LogP contribution is -2.33. The molecule has 0 N–H and O–H groups in total.